The molecule has 1 aliphatic carbocycles. The molecule has 0 spiro atoms. The smallest absolute Gasteiger partial charge is 0.419 e. The van der Waals surface area contributed by atoms with E-state index in [1.54, 1.807) is 18.4 Å². The zero-order chi connectivity index (χ0) is 24.3. The molecule has 2 aromatic rings. The van der Waals surface area contributed by atoms with Gasteiger partial charge in [-0.05, 0) is 49.0 Å². The monoisotopic (exact) mass is 599 g/mol. The molecule has 0 saturated heterocycles. The molecule has 2 atom stereocenters. The summed E-state index contributed by atoms with van der Waals surface area (Å²) in [6, 6.07) is 11.5. The van der Waals surface area contributed by atoms with Crippen molar-refractivity contribution in [2.24, 2.45) is 17.0 Å². The van der Waals surface area contributed by atoms with E-state index in [1.165, 1.54) is 30.4 Å². The summed E-state index contributed by atoms with van der Waals surface area (Å²) in [6.45, 7) is 4.49. The summed E-state index contributed by atoms with van der Waals surface area (Å²) in [5, 5.41) is 4.00. The summed E-state index contributed by atoms with van der Waals surface area (Å²) in [4.78, 5) is 16.4. The molecule has 1 fully saturated rings. The van der Waals surface area contributed by atoms with Crippen LogP contribution in [0.5, 0.6) is 5.75 Å². The Morgan fingerprint density at radius 2 is 1.86 bits per heavy atom. The van der Waals surface area contributed by atoms with Crippen LogP contribution in [-0.2, 0) is 9.63 Å². The molecule has 0 radical (unpaired) electrons. The summed E-state index contributed by atoms with van der Waals surface area (Å²) >= 11 is 0. The Bertz CT molecular complexity index is 1200. The van der Waals surface area contributed by atoms with Crippen LogP contribution >= 0.6 is 0 Å². The van der Waals surface area contributed by atoms with E-state index in [4.69, 9.17) is 4.84 Å². The van der Waals surface area contributed by atoms with E-state index in [0.717, 1.165) is 24.0 Å². The van der Waals surface area contributed by atoms with Gasteiger partial charge in [-0.25, -0.2) is 0 Å². The number of nitrogens with zero attached hydrogens (tertiary/aromatic N) is 1. The van der Waals surface area contributed by atoms with E-state index in [-0.39, 0.29) is 85.9 Å². The average Bonchev–Trinajstić information content (AvgIpc) is 3.14. The second-order valence-corrected chi connectivity index (χ2v) is 8.58. The fourth-order valence-electron chi connectivity index (χ4n) is 4.78. The third-order valence-electron chi connectivity index (χ3n) is 6.31. The normalized spacial score (nSPS) is 21.7. The number of alkyl halides is 3. The quantitative estimate of drug-likeness (QED) is 0.289. The zero-order valence-electron chi connectivity index (χ0n) is 19.7. The van der Waals surface area contributed by atoms with Crippen LogP contribution in [-0.4, -0.2) is 18.4 Å². The molecular weight excluding hydrogens is 576 g/mol. The molecule has 2 aromatic carbocycles. The Hall–Kier alpha value is -1.52. The second kappa shape index (κ2) is 12.1. The summed E-state index contributed by atoms with van der Waals surface area (Å²) in [5.41, 5.74) is 6.00. The third kappa shape index (κ3) is 6.83. The van der Waals surface area contributed by atoms with E-state index in [1.807, 2.05) is 18.2 Å². The van der Waals surface area contributed by atoms with Gasteiger partial charge in [-0.1, -0.05) is 60.6 Å². The molecular formula is C27H23CsF3NO3. The molecule has 2 unspecified atom stereocenters. The van der Waals surface area contributed by atoms with Crippen molar-refractivity contribution in [1.29, 1.82) is 0 Å². The third-order valence-corrected chi connectivity index (χ3v) is 6.31. The van der Waals surface area contributed by atoms with Crippen molar-refractivity contribution in [1.82, 2.24) is 0 Å². The molecule has 35 heavy (non-hydrogen) atoms. The number of rotatable bonds is 6. The maximum absolute atomic E-state index is 12.7. The van der Waals surface area contributed by atoms with Crippen LogP contribution < -0.4 is 73.6 Å². The molecule has 2 aliphatic rings. The van der Waals surface area contributed by atoms with Gasteiger partial charge < -0.3 is 14.4 Å². The van der Waals surface area contributed by atoms with Crippen molar-refractivity contribution in [3.63, 3.8) is 0 Å². The molecule has 1 saturated carbocycles. The fraction of sp³-hybridized carbons (Fsp3) is 0.296. The van der Waals surface area contributed by atoms with E-state index >= 15 is 0 Å². The van der Waals surface area contributed by atoms with Crippen LogP contribution in [0.3, 0.4) is 0 Å². The van der Waals surface area contributed by atoms with E-state index < -0.39 is 6.36 Å². The van der Waals surface area contributed by atoms with Gasteiger partial charge in [0.1, 0.15) is 11.5 Å². The van der Waals surface area contributed by atoms with Gasteiger partial charge >= 0.3 is 75.3 Å². The number of halogens is 3. The van der Waals surface area contributed by atoms with Crippen molar-refractivity contribution in [3.05, 3.63) is 82.6 Å². The Morgan fingerprint density at radius 3 is 2.49 bits per heavy atom. The van der Waals surface area contributed by atoms with Crippen molar-refractivity contribution >= 4 is 23.8 Å². The number of ether oxygens (including phenoxy) is 1. The number of allylic oxidation sites excluding steroid dienone is 2. The first-order valence-corrected chi connectivity index (χ1v) is 11.0. The molecule has 1 heterocycles. The molecule has 0 N–H and O–H groups in total. The van der Waals surface area contributed by atoms with Crippen molar-refractivity contribution < 1.29 is 96.4 Å². The van der Waals surface area contributed by atoms with Gasteiger partial charge in [-0.3, -0.25) is 0 Å². The van der Waals surface area contributed by atoms with Crippen molar-refractivity contribution in [3.8, 4) is 5.75 Å². The summed E-state index contributed by atoms with van der Waals surface area (Å²) in [5.74, 6) is 1.39. The Morgan fingerprint density at radius 1 is 1.14 bits per heavy atom. The van der Waals surface area contributed by atoms with E-state index in [0.29, 0.717) is 29.1 Å². The standard InChI is InChI=1S/C27H23F3NO3.Cs/c1-17-9-10-18(2)26(17)21-12-11-20(16-19(21)6-5-15-32)24-14-13-23(31-34-24)22-7-3-4-8-25(22)33-27(28,29)30;/h3-8,11-13,16-18,26H,9-10H2,1-2H3;/q-1;+1/b6-5+;. The zero-order valence-corrected chi connectivity index (χ0v) is 26.0. The first kappa shape index (κ1) is 28.1. The van der Waals surface area contributed by atoms with Gasteiger partial charge in [-0.15, -0.1) is 18.7 Å². The molecule has 176 valence electrons. The Kier molecular flexibility index (Phi) is 9.74. The predicted molar refractivity (Wildman–Crippen MR) is 124 cm³/mol. The summed E-state index contributed by atoms with van der Waals surface area (Å²) in [7, 11) is 0. The molecule has 0 aromatic heterocycles. The fourth-order valence-corrected chi connectivity index (χ4v) is 4.78. The van der Waals surface area contributed by atoms with Gasteiger partial charge in [0.25, 0.3) is 0 Å². The number of para-hydroxylation sites is 1. The van der Waals surface area contributed by atoms with Gasteiger partial charge in [0.15, 0.2) is 0 Å². The summed E-state index contributed by atoms with van der Waals surface area (Å²) < 4.78 is 42.3. The van der Waals surface area contributed by atoms with Gasteiger partial charge in [0.05, 0.1) is 0 Å². The number of oxime groups is 1. The van der Waals surface area contributed by atoms with E-state index in [9.17, 15) is 18.0 Å². The Labute approximate surface area is 261 Å². The van der Waals surface area contributed by atoms with Crippen LogP contribution in [0, 0.1) is 11.8 Å². The maximum atomic E-state index is 12.7. The topological polar surface area (TPSA) is 47.9 Å². The maximum Gasteiger partial charge on any atom is 1.00 e. The largest absolute Gasteiger partial charge is 1.00 e. The van der Waals surface area contributed by atoms with Crippen molar-refractivity contribution in [2.45, 2.75) is 39.0 Å². The average molecular weight is 599 g/mol. The van der Waals surface area contributed by atoms with Gasteiger partial charge in [-0.2, -0.15) is 12.2 Å². The van der Waals surface area contributed by atoms with Crippen LogP contribution in [0.2, 0.25) is 0 Å². The van der Waals surface area contributed by atoms with Gasteiger partial charge in [0, 0.05) is 17.2 Å². The molecule has 0 amide bonds. The summed E-state index contributed by atoms with van der Waals surface area (Å²) in [6.07, 6.45) is 3.82. The molecule has 4 nitrogen and oxygen atoms in total. The van der Waals surface area contributed by atoms with E-state index in [2.05, 4.69) is 29.5 Å². The Balaban J connectivity index is 0.00000342. The van der Waals surface area contributed by atoms with Crippen LogP contribution in [0.25, 0.3) is 11.8 Å². The van der Waals surface area contributed by atoms with Crippen LogP contribution in [0.1, 0.15) is 54.9 Å². The molecule has 4 rings (SSSR count). The minimum atomic E-state index is -4.82. The first-order valence-electron chi connectivity index (χ1n) is 11.0. The van der Waals surface area contributed by atoms with Crippen molar-refractivity contribution in [2.75, 3.05) is 0 Å². The minimum absolute atomic E-state index is 0. The number of hydrogen-bond acceptors (Lipinski definition) is 4. The molecule has 8 heteroatoms. The minimum Gasteiger partial charge on any atom is -0.419 e. The second-order valence-electron chi connectivity index (χ2n) is 8.58. The number of carbonyl (C=O) groups excluding carboxylic acids is 1. The molecule has 1 aliphatic heterocycles. The van der Waals surface area contributed by atoms with Crippen LogP contribution in [0.4, 0.5) is 13.2 Å². The predicted octanol–water partition coefficient (Wildman–Crippen LogP) is 3.79. The number of hydrogen-bond donors (Lipinski definition) is 0. The number of benzene rings is 2. The van der Waals surface area contributed by atoms with Gasteiger partial charge in [0.2, 0.25) is 5.76 Å². The SMILES string of the molecule is CC1CCC(C)C1c1ccc(C2=C=CC(c3ccccc3OC(F)(F)F)=NO2)cc1/C=C/[C-]=O.[Cs+]. The van der Waals surface area contributed by atoms with Crippen LogP contribution in [0.15, 0.2) is 65.5 Å². The molecule has 0 bridgehead atoms. The first-order chi connectivity index (χ1) is 16.3.